The molecular formula is C14H28N4. The Labute approximate surface area is 111 Å². The zero-order chi connectivity index (χ0) is 12.5. The number of likely N-dealkylation sites (tertiary alicyclic amines) is 1. The van der Waals surface area contributed by atoms with Crippen LogP contribution < -0.4 is 10.6 Å². The van der Waals surface area contributed by atoms with Crippen molar-refractivity contribution in [2.24, 2.45) is 5.92 Å². The molecule has 2 N–H and O–H groups in total. The quantitative estimate of drug-likeness (QED) is 0.738. The van der Waals surface area contributed by atoms with Crippen molar-refractivity contribution < 1.29 is 0 Å². The summed E-state index contributed by atoms with van der Waals surface area (Å²) in [5.74, 6) is 0.936. The van der Waals surface area contributed by atoms with Crippen LogP contribution in [0.1, 0.15) is 19.8 Å². The summed E-state index contributed by atoms with van der Waals surface area (Å²) in [5.41, 5.74) is 0. The molecule has 4 heteroatoms. The second-order valence-electron chi connectivity index (χ2n) is 6.64. The first-order chi connectivity index (χ1) is 8.70. The molecule has 4 unspecified atom stereocenters. The summed E-state index contributed by atoms with van der Waals surface area (Å²) >= 11 is 0. The van der Waals surface area contributed by atoms with E-state index in [2.05, 4.69) is 34.4 Å². The molecule has 3 aliphatic heterocycles. The van der Waals surface area contributed by atoms with Gasteiger partial charge < -0.3 is 20.4 Å². The van der Waals surface area contributed by atoms with Crippen LogP contribution in [-0.2, 0) is 0 Å². The molecule has 0 amide bonds. The van der Waals surface area contributed by atoms with Gasteiger partial charge in [0.15, 0.2) is 0 Å². The zero-order valence-electron chi connectivity index (χ0n) is 11.9. The van der Waals surface area contributed by atoms with E-state index in [0.29, 0.717) is 12.1 Å². The molecule has 4 nitrogen and oxygen atoms in total. The average molecular weight is 252 g/mol. The maximum atomic E-state index is 3.74. The van der Waals surface area contributed by atoms with Crippen LogP contribution in [0, 0.1) is 5.92 Å². The summed E-state index contributed by atoms with van der Waals surface area (Å²) in [7, 11) is 2.24. The number of rotatable bonds is 3. The molecule has 104 valence electrons. The molecule has 3 rings (SSSR count). The van der Waals surface area contributed by atoms with Crippen molar-refractivity contribution in [2.45, 2.75) is 37.9 Å². The molecule has 0 aliphatic carbocycles. The van der Waals surface area contributed by atoms with Crippen LogP contribution in [0.2, 0.25) is 0 Å². The van der Waals surface area contributed by atoms with Gasteiger partial charge in [0.05, 0.1) is 0 Å². The highest BCUT2D eigenvalue weighted by Crippen LogP contribution is 2.24. The van der Waals surface area contributed by atoms with E-state index in [-0.39, 0.29) is 0 Å². The Bertz CT molecular complexity index is 261. The maximum absolute atomic E-state index is 3.74. The first-order valence-corrected chi connectivity index (χ1v) is 7.61. The Kier molecular flexibility index (Phi) is 3.89. The fraction of sp³-hybridized carbons (Fsp3) is 1.00. The Morgan fingerprint density at radius 2 is 2.06 bits per heavy atom. The third-order valence-corrected chi connectivity index (χ3v) is 4.87. The van der Waals surface area contributed by atoms with Gasteiger partial charge in [-0.1, -0.05) is 0 Å². The summed E-state index contributed by atoms with van der Waals surface area (Å²) in [4.78, 5) is 5.13. The summed E-state index contributed by atoms with van der Waals surface area (Å²) in [6.07, 6.45) is 2.69. The van der Waals surface area contributed by atoms with Crippen LogP contribution in [0.5, 0.6) is 0 Å². The van der Waals surface area contributed by atoms with Crippen LogP contribution in [0.25, 0.3) is 0 Å². The molecule has 0 spiro atoms. The Hall–Kier alpha value is -0.160. The van der Waals surface area contributed by atoms with Crippen LogP contribution >= 0.6 is 0 Å². The number of nitrogens with zero attached hydrogens (tertiary/aromatic N) is 2. The number of hydrogen-bond acceptors (Lipinski definition) is 4. The zero-order valence-corrected chi connectivity index (χ0v) is 11.9. The molecule has 0 radical (unpaired) electrons. The van der Waals surface area contributed by atoms with E-state index >= 15 is 0 Å². The highest BCUT2D eigenvalue weighted by Gasteiger charge is 2.35. The summed E-state index contributed by atoms with van der Waals surface area (Å²) < 4.78 is 0. The van der Waals surface area contributed by atoms with Gasteiger partial charge in [0.1, 0.15) is 0 Å². The third kappa shape index (κ3) is 2.87. The van der Waals surface area contributed by atoms with Crippen molar-refractivity contribution >= 4 is 0 Å². The van der Waals surface area contributed by atoms with Crippen molar-refractivity contribution in [1.82, 2.24) is 20.4 Å². The molecule has 0 aromatic carbocycles. The van der Waals surface area contributed by atoms with Gasteiger partial charge in [-0.15, -0.1) is 0 Å². The van der Waals surface area contributed by atoms with Gasteiger partial charge in [-0.2, -0.15) is 0 Å². The monoisotopic (exact) mass is 252 g/mol. The summed E-state index contributed by atoms with van der Waals surface area (Å²) in [6, 6.07) is 2.13. The molecule has 3 saturated heterocycles. The van der Waals surface area contributed by atoms with Gasteiger partial charge in [0.25, 0.3) is 0 Å². The molecule has 3 aliphatic rings. The van der Waals surface area contributed by atoms with E-state index in [1.54, 1.807) is 0 Å². The standard InChI is InChI=1S/C14H28N4/c1-11-7-17(2)9-13(16-11)4-6-18-8-12-3-5-15-14(12)10-18/h11-16H,3-10H2,1-2H3. The SMILES string of the molecule is CC1CN(C)CC(CCN2CC3CCNC3C2)N1. The van der Waals surface area contributed by atoms with Crippen LogP contribution in [0.3, 0.4) is 0 Å². The van der Waals surface area contributed by atoms with Gasteiger partial charge in [0, 0.05) is 44.3 Å². The highest BCUT2D eigenvalue weighted by molar-refractivity contribution is 4.94. The number of piperazine rings is 1. The van der Waals surface area contributed by atoms with Gasteiger partial charge in [-0.05, 0) is 45.8 Å². The van der Waals surface area contributed by atoms with E-state index in [1.807, 2.05) is 0 Å². The van der Waals surface area contributed by atoms with E-state index in [0.717, 1.165) is 12.0 Å². The molecule has 0 saturated carbocycles. The smallest absolute Gasteiger partial charge is 0.0235 e. The Balaban J connectivity index is 1.42. The molecule has 4 atom stereocenters. The topological polar surface area (TPSA) is 30.5 Å². The minimum atomic E-state index is 0.647. The molecule has 0 bridgehead atoms. The number of hydrogen-bond donors (Lipinski definition) is 2. The molecular weight excluding hydrogens is 224 g/mol. The number of nitrogens with one attached hydrogen (secondary N) is 2. The van der Waals surface area contributed by atoms with Crippen molar-refractivity contribution in [3.05, 3.63) is 0 Å². The average Bonchev–Trinajstić information content (AvgIpc) is 2.84. The Morgan fingerprint density at radius 1 is 1.17 bits per heavy atom. The number of likely N-dealkylation sites (N-methyl/N-ethyl adjacent to an activating group) is 1. The largest absolute Gasteiger partial charge is 0.312 e. The van der Waals surface area contributed by atoms with Crippen molar-refractivity contribution in [1.29, 1.82) is 0 Å². The van der Waals surface area contributed by atoms with E-state index in [4.69, 9.17) is 0 Å². The fourth-order valence-electron chi connectivity index (χ4n) is 4.06. The minimum Gasteiger partial charge on any atom is -0.312 e. The molecule has 3 fully saturated rings. The predicted molar refractivity (Wildman–Crippen MR) is 74.8 cm³/mol. The lowest BCUT2D eigenvalue weighted by molar-refractivity contribution is 0.180. The highest BCUT2D eigenvalue weighted by atomic mass is 15.2. The van der Waals surface area contributed by atoms with Crippen LogP contribution in [-0.4, -0.2) is 74.2 Å². The lowest BCUT2D eigenvalue weighted by Gasteiger charge is -2.36. The first kappa shape index (κ1) is 12.9. The summed E-state index contributed by atoms with van der Waals surface area (Å²) in [6.45, 7) is 9.82. The van der Waals surface area contributed by atoms with E-state index in [1.165, 1.54) is 52.1 Å². The second kappa shape index (κ2) is 5.45. The van der Waals surface area contributed by atoms with Gasteiger partial charge in [0.2, 0.25) is 0 Å². The molecule has 0 aromatic rings. The first-order valence-electron chi connectivity index (χ1n) is 7.61. The van der Waals surface area contributed by atoms with Gasteiger partial charge in [-0.3, -0.25) is 0 Å². The van der Waals surface area contributed by atoms with Crippen molar-refractivity contribution in [3.63, 3.8) is 0 Å². The predicted octanol–water partition coefficient (Wildman–Crippen LogP) is -0.0377. The fourth-order valence-corrected chi connectivity index (χ4v) is 4.06. The van der Waals surface area contributed by atoms with E-state index in [9.17, 15) is 0 Å². The lowest BCUT2D eigenvalue weighted by atomic mass is 10.1. The van der Waals surface area contributed by atoms with Crippen molar-refractivity contribution in [2.75, 3.05) is 46.3 Å². The normalized spacial score (nSPS) is 42.3. The Morgan fingerprint density at radius 3 is 2.83 bits per heavy atom. The van der Waals surface area contributed by atoms with Crippen molar-refractivity contribution in [3.8, 4) is 0 Å². The lowest BCUT2D eigenvalue weighted by Crippen LogP contribution is -2.54. The number of fused-ring (bicyclic) bond motifs is 1. The molecule has 18 heavy (non-hydrogen) atoms. The second-order valence-corrected chi connectivity index (χ2v) is 6.64. The minimum absolute atomic E-state index is 0.647. The summed E-state index contributed by atoms with van der Waals surface area (Å²) in [5, 5.41) is 7.37. The third-order valence-electron chi connectivity index (χ3n) is 4.87. The maximum Gasteiger partial charge on any atom is 0.0235 e. The van der Waals surface area contributed by atoms with Gasteiger partial charge >= 0.3 is 0 Å². The van der Waals surface area contributed by atoms with E-state index < -0.39 is 0 Å². The van der Waals surface area contributed by atoms with Crippen LogP contribution in [0.4, 0.5) is 0 Å². The van der Waals surface area contributed by atoms with Crippen LogP contribution in [0.15, 0.2) is 0 Å². The molecule has 3 heterocycles. The van der Waals surface area contributed by atoms with Gasteiger partial charge in [-0.25, -0.2) is 0 Å². The molecule has 0 aromatic heterocycles.